The van der Waals surface area contributed by atoms with Gasteiger partial charge in [0.2, 0.25) is 0 Å². The van der Waals surface area contributed by atoms with Crippen molar-refractivity contribution in [3.05, 3.63) is 30.0 Å². The molecule has 0 aliphatic rings. The Hall–Kier alpha value is -1.43. The zero-order valence-corrected chi connectivity index (χ0v) is 9.12. The Morgan fingerprint density at radius 2 is 1.94 bits per heavy atom. The first-order chi connectivity index (χ1) is 7.39. The summed E-state index contributed by atoms with van der Waals surface area (Å²) in [5.41, 5.74) is 1.60. The van der Waals surface area contributed by atoms with Crippen LogP contribution in [0.5, 0.6) is 0 Å². The molecule has 5 nitrogen and oxygen atoms in total. The van der Waals surface area contributed by atoms with E-state index >= 15 is 0 Å². The third-order valence-corrected chi connectivity index (χ3v) is 2.54. The minimum atomic E-state index is -2.96. The first-order valence-corrected chi connectivity index (χ1v) is 5.05. The second-order valence-corrected chi connectivity index (χ2v) is 4.13. The van der Waals surface area contributed by atoms with E-state index in [0.717, 1.165) is 15.6 Å². The molecule has 0 bridgehead atoms. The normalized spacial score (nSPS) is 12.6. The van der Waals surface area contributed by atoms with Crippen LogP contribution in [-0.4, -0.2) is 25.1 Å². The maximum absolute atomic E-state index is 9.07. The molecule has 0 fully saturated rings. The van der Waals surface area contributed by atoms with Crippen molar-refractivity contribution in [2.24, 2.45) is 0 Å². The SMILES string of the molecule is CC(C)c1ccc2c(cnn2C(O)(O)O)c1. The van der Waals surface area contributed by atoms with Gasteiger partial charge in [-0.25, -0.2) is 0 Å². The minimum absolute atomic E-state index is 0.384. The highest BCUT2D eigenvalue weighted by Crippen LogP contribution is 2.22. The number of hydrogen-bond acceptors (Lipinski definition) is 4. The molecule has 1 heterocycles. The van der Waals surface area contributed by atoms with Crippen LogP contribution >= 0.6 is 0 Å². The van der Waals surface area contributed by atoms with Crippen molar-refractivity contribution in [3.8, 4) is 0 Å². The van der Waals surface area contributed by atoms with Crippen LogP contribution in [0.25, 0.3) is 10.9 Å². The van der Waals surface area contributed by atoms with Crippen molar-refractivity contribution in [2.75, 3.05) is 0 Å². The van der Waals surface area contributed by atoms with Gasteiger partial charge in [0.1, 0.15) is 0 Å². The zero-order valence-electron chi connectivity index (χ0n) is 9.12. The van der Waals surface area contributed by atoms with Crippen LogP contribution in [0.15, 0.2) is 24.4 Å². The third kappa shape index (κ3) is 1.80. The average Bonchev–Trinajstić information content (AvgIpc) is 2.58. The molecule has 86 valence electrons. The molecule has 0 aliphatic carbocycles. The molecule has 0 radical (unpaired) electrons. The molecule has 0 saturated carbocycles. The molecule has 5 heteroatoms. The molecular formula is C11H14N2O3. The van der Waals surface area contributed by atoms with E-state index in [9.17, 15) is 0 Å². The van der Waals surface area contributed by atoms with Gasteiger partial charge in [-0.2, -0.15) is 9.78 Å². The van der Waals surface area contributed by atoms with E-state index in [2.05, 4.69) is 18.9 Å². The number of nitrogens with zero attached hydrogens (tertiary/aromatic N) is 2. The summed E-state index contributed by atoms with van der Waals surface area (Å²) >= 11 is 0. The molecule has 2 aromatic rings. The van der Waals surface area contributed by atoms with Gasteiger partial charge in [0.25, 0.3) is 0 Å². The first-order valence-electron chi connectivity index (χ1n) is 5.05. The average molecular weight is 222 g/mol. The molecule has 3 N–H and O–H groups in total. The second kappa shape index (κ2) is 3.55. The lowest BCUT2D eigenvalue weighted by molar-refractivity contribution is -0.378. The molecule has 0 amide bonds. The Morgan fingerprint density at radius 3 is 2.50 bits per heavy atom. The molecule has 0 aliphatic heterocycles. The summed E-state index contributed by atoms with van der Waals surface area (Å²) in [4.78, 5) is 0. The molecule has 16 heavy (non-hydrogen) atoms. The predicted octanol–water partition coefficient (Wildman–Crippen LogP) is 0.704. The van der Waals surface area contributed by atoms with Gasteiger partial charge in [-0.05, 0) is 23.6 Å². The second-order valence-electron chi connectivity index (χ2n) is 4.13. The summed E-state index contributed by atoms with van der Waals surface area (Å²) in [7, 11) is 0. The Bertz CT molecular complexity index is 511. The lowest BCUT2D eigenvalue weighted by atomic mass is 10.0. The predicted molar refractivity (Wildman–Crippen MR) is 58.5 cm³/mol. The van der Waals surface area contributed by atoms with Gasteiger partial charge in [0, 0.05) is 5.39 Å². The zero-order chi connectivity index (χ0) is 11.9. The van der Waals surface area contributed by atoms with E-state index in [1.807, 2.05) is 12.1 Å². The molecule has 1 aromatic heterocycles. The van der Waals surface area contributed by atoms with Gasteiger partial charge in [-0.1, -0.05) is 19.9 Å². The quantitative estimate of drug-likeness (QED) is 0.654. The Labute approximate surface area is 92.6 Å². The maximum atomic E-state index is 9.07. The highest BCUT2D eigenvalue weighted by molar-refractivity contribution is 5.79. The van der Waals surface area contributed by atoms with Crippen LogP contribution in [-0.2, 0) is 6.10 Å². The molecule has 2 rings (SSSR count). The van der Waals surface area contributed by atoms with Gasteiger partial charge < -0.3 is 15.3 Å². The Morgan fingerprint density at radius 1 is 1.25 bits per heavy atom. The van der Waals surface area contributed by atoms with E-state index in [-0.39, 0.29) is 0 Å². The molecule has 0 unspecified atom stereocenters. The lowest BCUT2D eigenvalue weighted by Crippen LogP contribution is -2.33. The van der Waals surface area contributed by atoms with Crippen molar-refractivity contribution in [2.45, 2.75) is 25.9 Å². The number of hydrogen-bond donors (Lipinski definition) is 3. The highest BCUT2D eigenvalue weighted by atomic mass is 16.7. The van der Waals surface area contributed by atoms with Crippen LogP contribution < -0.4 is 0 Å². The van der Waals surface area contributed by atoms with Crippen molar-refractivity contribution >= 4 is 10.9 Å². The van der Waals surface area contributed by atoms with Crippen molar-refractivity contribution < 1.29 is 15.3 Å². The fourth-order valence-corrected chi connectivity index (χ4v) is 1.65. The Kier molecular flexibility index (Phi) is 2.46. The number of benzene rings is 1. The summed E-state index contributed by atoms with van der Waals surface area (Å²) in [6.45, 7) is 4.14. The van der Waals surface area contributed by atoms with Gasteiger partial charge in [-0.3, -0.25) is 0 Å². The summed E-state index contributed by atoms with van der Waals surface area (Å²) in [5, 5.41) is 31.7. The van der Waals surface area contributed by atoms with Crippen molar-refractivity contribution in [3.63, 3.8) is 0 Å². The van der Waals surface area contributed by atoms with E-state index in [4.69, 9.17) is 15.3 Å². The van der Waals surface area contributed by atoms with Gasteiger partial charge in [-0.15, -0.1) is 0 Å². The van der Waals surface area contributed by atoms with Gasteiger partial charge in [0.15, 0.2) is 0 Å². The van der Waals surface area contributed by atoms with Crippen LogP contribution in [0.1, 0.15) is 25.3 Å². The van der Waals surface area contributed by atoms with Gasteiger partial charge >= 0.3 is 6.10 Å². The maximum Gasteiger partial charge on any atom is 0.389 e. The Balaban J connectivity index is 2.59. The number of fused-ring (bicyclic) bond motifs is 1. The number of aromatic nitrogens is 2. The monoisotopic (exact) mass is 222 g/mol. The topological polar surface area (TPSA) is 78.5 Å². The summed E-state index contributed by atoms with van der Waals surface area (Å²) in [5.74, 6) is 0.384. The van der Waals surface area contributed by atoms with Crippen LogP contribution in [0, 0.1) is 0 Å². The first kappa shape index (κ1) is 11.1. The smallest absolute Gasteiger partial charge is 0.324 e. The van der Waals surface area contributed by atoms with Crippen molar-refractivity contribution in [1.82, 2.24) is 9.78 Å². The van der Waals surface area contributed by atoms with E-state index < -0.39 is 6.10 Å². The van der Waals surface area contributed by atoms with Crippen LogP contribution in [0.2, 0.25) is 0 Å². The number of aliphatic hydroxyl groups is 3. The fourth-order valence-electron chi connectivity index (χ4n) is 1.65. The molecule has 0 spiro atoms. The summed E-state index contributed by atoms with van der Waals surface area (Å²) in [6, 6.07) is 5.49. The summed E-state index contributed by atoms with van der Waals surface area (Å²) in [6.07, 6.45) is -1.47. The van der Waals surface area contributed by atoms with E-state index in [1.165, 1.54) is 6.20 Å². The standard InChI is InChI=1S/C11H14N2O3/c1-7(2)8-3-4-10-9(5-8)6-12-13(10)11(14,15)16/h3-7,14-16H,1-2H3. The lowest BCUT2D eigenvalue weighted by Gasteiger charge is -2.15. The molecule has 0 atom stereocenters. The molecule has 1 aromatic carbocycles. The van der Waals surface area contributed by atoms with E-state index in [0.29, 0.717) is 11.4 Å². The van der Waals surface area contributed by atoms with E-state index in [1.54, 1.807) is 6.07 Å². The highest BCUT2D eigenvalue weighted by Gasteiger charge is 2.24. The minimum Gasteiger partial charge on any atom is -0.324 e. The largest absolute Gasteiger partial charge is 0.389 e. The summed E-state index contributed by atoms with van der Waals surface area (Å²) < 4.78 is 0.756. The molecular weight excluding hydrogens is 208 g/mol. The fraction of sp³-hybridized carbons (Fsp3) is 0.364. The number of rotatable bonds is 2. The third-order valence-electron chi connectivity index (χ3n) is 2.54. The van der Waals surface area contributed by atoms with Crippen LogP contribution in [0.4, 0.5) is 0 Å². The molecule has 0 saturated heterocycles. The van der Waals surface area contributed by atoms with Crippen molar-refractivity contribution in [1.29, 1.82) is 0 Å². The van der Waals surface area contributed by atoms with Crippen LogP contribution in [0.3, 0.4) is 0 Å². The van der Waals surface area contributed by atoms with Gasteiger partial charge in [0.05, 0.1) is 11.7 Å².